The number of allylic oxidation sites excluding steroid dienone is 1. The van der Waals surface area contributed by atoms with E-state index in [9.17, 15) is 9.90 Å². The Balaban J connectivity index is 1.54. The van der Waals surface area contributed by atoms with Crippen LogP contribution in [0.3, 0.4) is 0 Å². The van der Waals surface area contributed by atoms with Crippen LogP contribution in [0.1, 0.15) is 79.6 Å². The summed E-state index contributed by atoms with van der Waals surface area (Å²) < 4.78 is 6.81. The van der Waals surface area contributed by atoms with Gasteiger partial charge in [-0.05, 0) is 86.2 Å². The van der Waals surface area contributed by atoms with Gasteiger partial charge >= 0.3 is 0 Å². The number of hydrogen-bond acceptors (Lipinski definition) is 3. The summed E-state index contributed by atoms with van der Waals surface area (Å²) in [5.41, 5.74) is 1.60. The lowest BCUT2D eigenvalue weighted by Crippen LogP contribution is -2.52. The van der Waals surface area contributed by atoms with E-state index in [1.54, 1.807) is 5.57 Å². The molecular formula is C25H42O3Si. The molecule has 0 unspecified atom stereocenters. The summed E-state index contributed by atoms with van der Waals surface area (Å²) in [5, 5.41) is 10.6. The highest BCUT2D eigenvalue weighted by Gasteiger charge is 2.61. The number of aliphatic hydroxyl groups is 1. The summed E-state index contributed by atoms with van der Waals surface area (Å²) in [6.45, 7) is 16.4. The number of carbonyl (C=O) groups is 1. The quantitative estimate of drug-likeness (QED) is 0.450. The van der Waals surface area contributed by atoms with Gasteiger partial charge in [-0.25, -0.2) is 0 Å². The van der Waals surface area contributed by atoms with Gasteiger partial charge in [0.25, 0.3) is 0 Å². The molecule has 0 aliphatic heterocycles. The van der Waals surface area contributed by atoms with E-state index in [1.807, 2.05) is 0 Å². The van der Waals surface area contributed by atoms with E-state index >= 15 is 0 Å². The molecule has 0 aromatic heterocycles. The van der Waals surface area contributed by atoms with Crippen LogP contribution in [-0.4, -0.2) is 31.4 Å². The first-order valence-corrected chi connectivity index (χ1v) is 14.8. The highest BCUT2D eigenvalue weighted by molar-refractivity contribution is 6.74. The van der Waals surface area contributed by atoms with Crippen molar-refractivity contribution in [2.24, 2.45) is 28.6 Å². The van der Waals surface area contributed by atoms with E-state index in [4.69, 9.17) is 4.43 Å². The summed E-state index contributed by atoms with van der Waals surface area (Å²) in [6.07, 6.45) is 9.49. The second-order valence-corrected chi connectivity index (χ2v) is 17.3. The van der Waals surface area contributed by atoms with Crippen LogP contribution in [-0.2, 0) is 9.22 Å². The molecule has 164 valence electrons. The van der Waals surface area contributed by atoms with E-state index in [-0.39, 0.29) is 21.7 Å². The van der Waals surface area contributed by atoms with Crippen LogP contribution in [0, 0.1) is 28.6 Å². The number of rotatable bonds is 2. The number of carbonyl (C=O) groups excluding carboxylic acids is 1. The highest BCUT2D eigenvalue weighted by Crippen LogP contribution is 2.64. The Morgan fingerprint density at radius 3 is 2.41 bits per heavy atom. The molecule has 4 rings (SSSR count). The normalized spacial score (nSPS) is 45.3. The molecule has 0 aromatic carbocycles. The molecule has 7 atom stereocenters. The van der Waals surface area contributed by atoms with Crippen molar-refractivity contribution < 1.29 is 14.3 Å². The molecule has 4 heteroatoms. The first-order chi connectivity index (χ1) is 13.3. The van der Waals surface area contributed by atoms with Gasteiger partial charge in [0, 0.05) is 11.5 Å². The van der Waals surface area contributed by atoms with Gasteiger partial charge in [0.15, 0.2) is 14.1 Å². The topological polar surface area (TPSA) is 46.5 Å². The first kappa shape index (κ1) is 21.8. The summed E-state index contributed by atoms with van der Waals surface area (Å²) in [4.78, 5) is 12.7. The van der Waals surface area contributed by atoms with Crippen LogP contribution in [0.4, 0.5) is 0 Å². The zero-order valence-corrected chi connectivity index (χ0v) is 20.7. The zero-order valence-electron chi connectivity index (χ0n) is 19.7. The van der Waals surface area contributed by atoms with Gasteiger partial charge in [0.1, 0.15) is 6.10 Å². The predicted molar refractivity (Wildman–Crippen MR) is 120 cm³/mol. The van der Waals surface area contributed by atoms with Crippen molar-refractivity contribution in [2.75, 3.05) is 0 Å². The fourth-order valence-corrected chi connectivity index (χ4v) is 8.50. The third-order valence-corrected chi connectivity index (χ3v) is 14.6. The van der Waals surface area contributed by atoms with Gasteiger partial charge in [-0.15, -0.1) is 0 Å². The zero-order chi connectivity index (χ0) is 21.4. The van der Waals surface area contributed by atoms with Gasteiger partial charge in [-0.2, -0.15) is 0 Å². The summed E-state index contributed by atoms with van der Waals surface area (Å²) >= 11 is 0. The van der Waals surface area contributed by atoms with E-state index < -0.39 is 14.4 Å². The molecule has 0 aromatic rings. The van der Waals surface area contributed by atoms with Crippen LogP contribution in [0.2, 0.25) is 18.1 Å². The number of Topliss-reactive ketones (excluding diaryl/α,β-unsaturated/α-hetero) is 1. The molecule has 3 nitrogen and oxygen atoms in total. The molecule has 0 heterocycles. The lowest BCUT2D eigenvalue weighted by atomic mass is 9.48. The fraction of sp³-hybridized carbons (Fsp3) is 0.880. The Morgan fingerprint density at radius 2 is 1.76 bits per heavy atom. The van der Waals surface area contributed by atoms with Crippen LogP contribution in [0.25, 0.3) is 0 Å². The molecule has 3 saturated carbocycles. The average molecular weight is 419 g/mol. The minimum atomic E-state index is -1.74. The van der Waals surface area contributed by atoms with Crippen molar-refractivity contribution in [1.29, 1.82) is 0 Å². The standard InChI is InChI=1S/C25H42O3Si/c1-23(2,3)29(6,7)28-17-10-12-24(4)16(14-17)8-9-18-19(24)11-13-25(5)20(18)15-21(26)22(25)27/h8,17-21,26H,9-15H2,1-7H3/t17-,18+,19-,20-,21+,24-,25-/m0/s1. The maximum Gasteiger partial charge on any atom is 0.192 e. The van der Waals surface area contributed by atoms with E-state index in [2.05, 4.69) is 53.8 Å². The predicted octanol–water partition coefficient (Wildman–Crippen LogP) is 5.88. The van der Waals surface area contributed by atoms with Crippen LogP contribution < -0.4 is 0 Å². The number of fused-ring (bicyclic) bond motifs is 5. The molecule has 29 heavy (non-hydrogen) atoms. The molecule has 1 N–H and O–H groups in total. The smallest absolute Gasteiger partial charge is 0.192 e. The minimum Gasteiger partial charge on any atom is -0.414 e. The number of hydrogen-bond donors (Lipinski definition) is 1. The Labute approximate surface area is 178 Å². The molecule has 4 aliphatic carbocycles. The lowest BCUT2D eigenvalue weighted by molar-refractivity contribution is -0.136. The van der Waals surface area contributed by atoms with Gasteiger partial charge < -0.3 is 9.53 Å². The van der Waals surface area contributed by atoms with E-state index in [1.165, 1.54) is 6.42 Å². The molecule has 3 fully saturated rings. The molecule has 0 spiro atoms. The van der Waals surface area contributed by atoms with E-state index in [0.29, 0.717) is 30.3 Å². The molecule has 0 amide bonds. The third-order valence-electron chi connectivity index (χ3n) is 10.1. The average Bonchev–Trinajstić information content (AvgIpc) is 2.84. The lowest BCUT2D eigenvalue weighted by Gasteiger charge is -2.57. The van der Waals surface area contributed by atoms with Crippen LogP contribution >= 0.6 is 0 Å². The Hall–Kier alpha value is -0.453. The monoisotopic (exact) mass is 418 g/mol. The minimum absolute atomic E-state index is 0.118. The van der Waals surface area contributed by atoms with Crippen molar-refractivity contribution in [1.82, 2.24) is 0 Å². The maximum atomic E-state index is 12.7. The first-order valence-electron chi connectivity index (χ1n) is 11.9. The molecule has 0 saturated heterocycles. The second-order valence-electron chi connectivity index (χ2n) is 12.6. The maximum absolute atomic E-state index is 12.7. The SMILES string of the molecule is CC(C)(C)[Si](C)(C)O[C@H]1CC[C@@]2(C)C(=CC[C@@H]3[C@@H]2CC[C@]2(C)C(=O)[C@H](O)C[C@@H]32)C1. The Morgan fingerprint density at radius 1 is 1.10 bits per heavy atom. The van der Waals surface area contributed by atoms with Crippen LogP contribution in [0.15, 0.2) is 11.6 Å². The second kappa shape index (κ2) is 6.77. The third kappa shape index (κ3) is 3.24. The summed E-state index contributed by atoms with van der Waals surface area (Å²) in [5.74, 6) is 1.70. The molecule has 4 aliphatic rings. The summed E-state index contributed by atoms with van der Waals surface area (Å²) in [6, 6.07) is 0. The van der Waals surface area contributed by atoms with Crippen molar-refractivity contribution in [3.63, 3.8) is 0 Å². The van der Waals surface area contributed by atoms with Gasteiger partial charge in [-0.1, -0.05) is 46.3 Å². The number of aliphatic hydroxyl groups excluding tert-OH is 1. The van der Waals surface area contributed by atoms with Gasteiger partial charge in [0.2, 0.25) is 0 Å². The van der Waals surface area contributed by atoms with Crippen LogP contribution in [0.5, 0.6) is 0 Å². The van der Waals surface area contributed by atoms with E-state index in [0.717, 1.165) is 32.1 Å². The molecule has 0 radical (unpaired) electrons. The molecular weight excluding hydrogens is 376 g/mol. The largest absolute Gasteiger partial charge is 0.414 e. The van der Waals surface area contributed by atoms with Crippen molar-refractivity contribution >= 4 is 14.1 Å². The van der Waals surface area contributed by atoms with Crippen molar-refractivity contribution in [3.05, 3.63) is 11.6 Å². The number of ketones is 1. The molecule has 0 bridgehead atoms. The Bertz CT molecular complexity index is 720. The van der Waals surface area contributed by atoms with Gasteiger partial charge in [-0.3, -0.25) is 4.79 Å². The summed E-state index contributed by atoms with van der Waals surface area (Å²) in [7, 11) is -1.74. The Kier molecular flexibility index (Phi) is 5.08. The van der Waals surface area contributed by atoms with Crippen molar-refractivity contribution in [2.45, 2.75) is 110 Å². The fourth-order valence-electron chi connectivity index (χ4n) is 7.11. The van der Waals surface area contributed by atoms with Crippen molar-refractivity contribution in [3.8, 4) is 0 Å². The highest BCUT2D eigenvalue weighted by atomic mass is 28.4. The van der Waals surface area contributed by atoms with Gasteiger partial charge in [0.05, 0.1) is 0 Å².